The van der Waals surface area contributed by atoms with Gasteiger partial charge in [0.25, 0.3) is 0 Å². The SMILES string of the molecule is CN(Cc1ccccc1)c1ccc2nc(-c3ccc(C#N)cc3)oc2n1. The number of hydrogen-bond donors (Lipinski definition) is 0. The first kappa shape index (κ1) is 15.9. The molecule has 0 N–H and O–H groups in total. The van der Waals surface area contributed by atoms with Crippen LogP contribution in [0.4, 0.5) is 5.82 Å². The average molecular weight is 340 g/mol. The molecule has 0 radical (unpaired) electrons. The lowest BCUT2D eigenvalue weighted by Crippen LogP contribution is -2.17. The Morgan fingerprint density at radius 3 is 2.46 bits per heavy atom. The van der Waals surface area contributed by atoms with E-state index in [-0.39, 0.29) is 0 Å². The van der Waals surface area contributed by atoms with Gasteiger partial charge in [-0.15, -0.1) is 0 Å². The highest BCUT2D eigenvalue weighted by atomic mass is 16.4. The maximum Gasteiger partial charge on any atom is 0.249 e. The third-order valence-corrected chi connectivity index (χ3v) is 4.16. The molecule has 0 spiro atoms. The first-order chi connectivity index (χ1) is 12.7. The van der Waals surface area contributed by atoms with Gasteiger partial charge in [0.05, 0.1) is 11.6 Å². The number of anilines is 1. The Bertz CT molecular complexity index is 1080. The van der Waals surface area contributed by atoms with E-state index in [1.807, 2.05) is 49.5 Å². The Hall–Kier alpha value is -3.65. The highest BCUT2D eigenvalue weighted by molar-refractivity contribution is 5.74. The average Bonchev–Trinajstić information content (AvgIpc) is 3.12. The van der Waals surface area contributed by atoms with Gasteiger partial charge in [-0.05, 0) is 42.0 Å². The Morgan fingerprint density at radius 2 is 1.73 bits per heavy atom. The Morgan fingerprint density at radius 1 is 0.962 bits per heavy atom. The normalized spacial score (nSPS) is 10.6. The van der Waals surface area contributed by atoms with E-state index in [4.69, 9.17) is 9.68 Å². The monoisotopic (exact) mass is 340 g/mol. The second-order valence-corrected chi connectivity index (χ2v) is 6.04. The standard InChI is InChI=1S/C21H16N4O/c1-25(14-16-5-3-2-4-6-16)19-12-11-18-21(24-19)26-20(23-18)17-9-7-15(13-22)8-10-17/h2-12H,14H2,1H3. The largest absolute Gasteiger partial charge is 0.418 e. The van der Waals surface area contributed by atoms with Crippen molar-refractivity contribution in [2.75, 3.05) is 11.9 Å². The van der Waals surface area contributed by atoms with Crippen molar-refractivity contribution < 1.29 is 4.42 Å². The molecule has 0 amide bonds. The van der Waals surface area contributed by atoms with E-state index in [0.717, 1.165) is 17.9 Å². The third-order valence-electron chi connectivity index (χ3n) is 4.16. The second-order valence-electron chi connectivity index (χ2n) is 6.04. The van der Waals surface area contributed by atoms with Gasteiger partial charge in [0.1, 0.15) is 11.3 Å². The molecule has 4 aromatic rings. The Kier molecular flexibility index (Phi) is 4.08. The Balaban J connectivity index is 1.62. The van der Waals surface area contributed by atoms with Crippen LogP contribution in [-0.2, 0) is 6.54 Å². The molecule has 2 aromatic heterocycles. The van der Waals surface area contributed by atoms with Gasteiger partial charge in [-0.2, -0.15) is 10.2 Å². The summed E-state index contributed by atoms with van der Waals surface area (Å²) >= 11 is 0. The predicted octanol–water partition coefficient (Wildman–Crippen LogP) is 4.40. The van der Waals surface area contributed by atoms with E-state index in [9.17, 15) is 0 Å². The van der Waals surface area contributed by atoms with Crippen molar-refractivity contribution in [1.29, 1.82) is 5.26 Å². The molecule has 0 unspecified atom stereocenters. The summed E-state index contributed by atoms with van der Waals surface area (Å²) in [6.45, 7) is 0.760. The van der Waals surface area contributed by atoms with E-state index in [1.165, 1.54) is 5.56 Å². The van der Waals surface area contributed by atoms with Crippen molar-refractivity contribution in [1.82, 2.24) is 9.97 Å². The van der Waals surface area contributed by atoms with Crippen molar-refractivity contribution in [2.45, 2.75) is 6.54 Å². The van der Waals surface area contributed by atoms with Crippen molar-refractivity contribution in [3.05, 3.63) is 77.9 Å². The van der Waals surface area contributed by atoms with Gasteiger partial charge in [0, 0.05) is 19.2 Å². The smallest absolute Gasteiger partial charge is 0.249 e. The molecule has 0 fully saturated rings. The first-order valence-electron chi connectivity index (χ1n) is 8.26. The number of rotatable bonds is 4. The number of hydrogen-bond acceptors (Lipinski definition) is 5. The molecule has 26 heavy (non-hydrogen) atoms. The maximum atomic E-state index is 8.90. The maximum absolute atomic E-state index is 8.90. The number of aromatic nitrogens is 2. The number of oxazole rings is 1. The molecule has 2 aromatic carbocycles. The second kappa shape index (κ2) is 6.69. The first-order valence-corrected chi connectivity index (χ1v) is 8.26. The molecule has 0 bridgehead atoms. The molecule has 0 aliphatic heterocycles. The zero-order valence-corrected chi connectivity index (χ0v) is 14.3. The van der Waals surface area contributed by atoms with Crippen molar-refractivity contribution in [3.63, 3.8) is 0 Å². The summed E-state index contributed by atoms with van der Waals surface area (Å²) in [6.07, 6.45) is 0. The third kappa shape index (κ3) is 3.13. The van der Waals surface area contributed by atoms with Gasteiger partial charge in [0.2, 0.25) is 11.6 Å². The summed E-state index contributed by atoms with van der Waals surface area (Å²) in [7, 11) is 2.00. The van der Waals surface area contributed by atoms with Gasteiger partial charge in [0.15, 0.2) is 0 Å². The van der Waals surface area contributed by atoms with E-state index in [2.05, 4.69) is 33.1 Å². The molecule has 5 heteroatoms. The molecule has 4 rings (SSSR count). The van der Waals surface area contributed by atoms with Crippen LogP contribution in [0.2, 0.25) is 0 Å². The summed E-state index contributed by atoms with van der Waals surface area (Å²) in [4.78, 5) is 11.2. The lowest BCUT2D eigenvalue weighted by molar-refractivity contribution is 0.607. The van der Waals surface area contributed by atoms with Crippen LogP contribution in [0.25, 0.3) is 22.7 Å². The van der Waals surface area contributed by atoms with Crippen LogP contribution < -0.4 is 4.90 Å². The van der Waals surface area contributed by atoms with Gasteiger partial charge in [-0.1, -0.05) is 30.3 Å². The van der Waals surface area contributed by atoms with Crippen LogP contribution in [0.15, 0.2) is 71.1 Å². The minimum atomic E-state index is 0.500. The fraction of sp³-hybridized carbons (Fsp3) is 0.0952. The lowest BCUT2D eigenvalue weighted by Gasteiger charge is -2.17. The quantitative estimate of drug-likeness (QED) is 0.551. The lowest BCUT2D eigenvalue weighted by atomic mass is 10.1. The van der Waals surface area contributed by atoms with Gasteiger partial charge in [-0.3, -0.25) is 0 Å². The van der Waals surface area contributed by atoms with Crippen LogP contribution in [-0.4, -0.2) is 17.0 Å². The molecule has 0 saturated carbocycles. The zero-order chi connectivity index (χ0) is 17.9. The summed E-state index contributed by atoms with van der Waals surface area (Å²) in [6, 6.07) is 23.3. The predicted molar refractivity (Wildman–Crippen MR) is 101 cm³/mol. The molecule has 5 nitrogen and oxygen atoms in total. The molecule has 0 aliphatic carbocycles. The minimum absolute atomic E-state index is 0.500. The van der Waals surface area contributed by atoms with E-state index in [0.29, 0.717) is 22.7 Å². The molecule has 0 saturated heterocycles. The van der Waals surface area contributed by atoms with Crippen LogP contribution in [0.3, 0.4) is 0 Å². The zero-order valence-electron chi connectivity index (χ0n) is 14.3. The van der Waals surface area contributed by atoms with E-state index >= 15 is 0 Å². The molecule has 126 valence electrons. The van der Waals surface area contributed by atoms with Crippen LogP contribution in [0.1, 0.15) is 11.1 Å². The minimum Gasteiger partial charge on any atom is -0.418 e. The summed E-state index contributed by atoms with van der Waals surface area (Å²) in [5, 5.41) is 8.90. The summed E-state index contributed by atoms with van der Waals surface area (Å²) in [5.41, 5.74) is 3.85. The number of benzene rings is 2. The topological polar surface area (TPSA) is 66.0 Å². The highest BCUT2D eigenvalue weighted by Gasteiger charge is 2.12. The number of fused-ring (bicyclic) bond motifs is 1. The molecule has 0 aliphatic rings. The van der Waals surface area contributed by atoms with Crippen LogP contribution >= 0.6 is 0 Å². The number of nitriles is 1. The van der Waals surface area contributed by atoms with Gasteiger partial charge >= 0.3 is 0 Å². The molecular weight excluding hydrogens is 324 g/mol. The fourth-order valence-corrected chi connectivity index (χ4v) is 2.77. The van der Waals surface area contributed by atoms with Gasteiger partial charge < -0.3 is 9.32 Å². The van der Waals surface area contributed by atoms with E-state index in [1.54, 1.807) is 12.1 Å². The molecule has 2 heterocycles. The Labute approximate surface area is 151 Å². The summed E-state index contributed by atoms with van der Waals surface area (Å²) in [5.74, 6) is 1.32. The number of nitrogens with zero attached hydrogens (tertiary/aromatic N) is 4. The van der Waals surface area contributed by atoms with E-state index < -0.39 is 0 Å². The molecular formula is C21H16N4O. The highest BCUT2D eigenvalue weighted by Crippen LogP contribution is 2.25. The summed E-state index contributed by atoms with van der Waals surface area (Å²) < 4.78 is 5.84. The van der Waals surface area contributed by atoms with Crippen molar-refractivity contribution in [2.24, 2.45) is 0 Å². The van der Waals surface area contributed by atoms with Crippen LogP contribution in [0, 0.1) is 11.3 Å². The fourth-order valence-electron chi connectivity index (χ4n) is 2.77. The van der Waals surface area contributed by atoms with Crippen molar-refractivity contribution >= 4 is 17.0 Å². The van der Waals surface area contributed by atoms with Crippen LogP contribution in [0.5, 0.6) is 0 Å². The number of pyridine rings is 1. The van der Waals surface area contributed by atoms with Gasteiger partial charge in [-0.25, -0.2) is 4.98 Å². The molecule has 0 atom stereocenters. The van der Waals surface area contributed by atoms with Crippen molar-refractivity contribution in [3.8, 4) is 17.5 Å².